The Morgan fingerprint density at radius 1 is 1.56 bits per heavy atom. The molecule has 0 saturated heterocycles. The van der Waals surface area contributed by atoms with Crippen LogP contribution in [0.5, 0.6) is 5.75 Å². The molecular formula is C12H11ClO3. The van der Waals surface area contributed by atoms with Crippen LogP contribution in [0, 0.1) is 0 Å². The highest BCUT2D eigenvalue weighted by molar-refractivity contribution is 6.30. The van der Waals surface area contributed by atoms with Gasteiger partial charge in [0, 0.05) is 17.5 Å². The number of halogens is 1. The van der Waals surface area contributed by atoms with Gasteiger partial charge in [0.2, 0.25) is 0 Å². The van der Waals surface area contributed by atoms with Gasteiger partial charge in [-0.2, -0.15) is 0 Å². The minimum absolute atomic E-state index is 0.256. The second kappa shape index (κ2) is 4.58. The van der Waals surface area contributed by atoms with Crippen LogP contribution in [0.15, 0.2) is 24.3 Å². The smallest absolute Gasteiger partial charge is 0.302 e. The normalized spacial score (nSPS) is 13.5. The minimum Gasteiger partial charge on any atom is -0.489 e. The fourth-order valence-corrected chi connectivity index (χ4v) is 1.71. The first-order valence-electron chi connectivity index (χ1n) is 4.92. The van der Waals surface area contributed by atoms with Gasteiger partial charge in [-0.05, 0) is 29.8 Å². The predicted molar refractivity (Wildman–Crippen MR) is 61.6 cm³/mol. The van der Waals surface area contributed by atoms with E-state index in [2.05, 4.69) is 0 Å². The molecule has 2 rings (SSSR count). The van der Waals surface area contributed by atoms with E-state index in [1.807, 2.05) is 18.2 Å². The van der Waals surface area contributed by atoms with Crippen LogP contribution in [-0.4, -0.2) is 19.2 Å². The van der Waals surface area contributed by atoms with Crippen molar-refractivity contribution in [3.8, 4) is 5.75 Å². The number of carbonyl (C=O) groups is 1. The minimum atomic E-state index is -0.295. The summed E-state index contributed by atoms with van der Waals surface area (Å²) in [4.78, 5) is 10.8. The molecule has 4 heteroatoms. The molecule has 0 aliphatic carbocycles. The maximum atomic E-state index is 10.8. The molecule has 0 radical (unpaired) electrons. The number of hydrogen-bond donors (Lipinski definition) is 0. The Labute approximate surface area is 98.6 Å². The van der Waals surface area contributed by atoms with E-state index in [4.69, 9.17) is 21.1 Å². The summed E-state index contributed by atoms with van der Waals surface area (Å²) in [6, 6.07) is 5.40. The molecule has 1 heterocycles. The zero-order valence-corrected chi connectivity index (χ0v) is 9.58. The lowest BCUT2D eigenvalue weighted by Crippen LogP contribution is -2.10. The van der Waals surface area contributed by atoms with Gasteiger partial charge in [0.1, 0.15) is 19.0 Å². The molecule has 0 N–H and O–H groups in total. The lowest BCUT2D eigenvalue weighted by molar-refractivity contribution is -0.139. The lowest BCUT2D eigenvalue weighted by atomic mass is 10.0. The summed E-state index contributed by atoms with van der Waals surface area (Å²) in [6.45, 7) is 2.13. The van der Waals surface area contributed by atoms with Crippen molar-refractivity contribution in [1.29, 1.82) is 0 Å². The second-order valence-corrected chi connectivity index (χ2v) is 3.90. The Balaban J connectivity index is 2.25. The number of benzene rings is 1. The fourth-order valence-electron chi connectivity index (χ4n) is 1.54. The summed E-state index contributed by atoms with van der Waals surface area (Å²) in [7, 11) is 0. The van der Waals surface area contributed by atoms with E-state index in [1.165, 1.54) is 6.92 Å². The molecule has 1 aromatic rings. The molecule has 1 aliphatic heterocycles. The lowest BCUT2D eigenvalue weighted by Gasteiger charge is -2.18. The zero-order valence-electron chi connectivity index (χ0n) is 8.83. The second-order valence-electron chi connectivity index (χ2n) is 3.46. The van der Waals surface area contributed by atoms with Crippen LogP contribution >= 0.6 is 11.6 Å². The SMILES string of the molecule is CC(=O)OCC1=CCOc2ccc(Cl)cc21. The molecular weight excluding hydrogens is 228 g/mol. The van der Waals surface area contributed by atoms with Crippen molar-refractivity contribution >= 4 is 23.1 Å². The van der Waals surface area contributed by atoms with Crippen LogP contribution in [0.25, 0.3) is 5.57 Å². The Hall–Kier alpha value is -1.48. The Morgan fingerprint density at radius 2 is 2.38 bits per heavy atom. The molecule has 16 heavy (non-hydrogen) atoms. The topological polar surface area (TPSA) is 35.5 Å². The third-order valence-electron chi connectivity index (χ3n) is 2.29. The molecule has 0 aromatic heterocycles. The Kier molecular flexibility index (Phi) is 3.15. The van der Waals surface area contributed by atoms with E-state index >= 15 is 0 Å². The van der Waals surface area contributed by atoms with E-state index in [1.54, 1.807) is 6.07 Å². The highest BCUT2D eigenvalue weighted by Crippen LogP contribution is 2.32. The highest BCUT2D eigenvalue weighted by atomic mass is 35.5. The molecule has 0 saturated carbocycles. The van der Waals surface area contributed by atoms with Crippen molar-refractivity contribution in [3.05, 3.63) is 34.9 Å². The molecule has 84 valence electrons. The van der Waals surface area contributed by atoms with Gasteiger partial charge in [0.15, 0.2) is 0 Å². The zero-order chi connectivity index (χ0) is 11.5. The van der Waals surface area contributed by atoms with Gasteiger partial charge in [-0.25, -0.2) is 0 Å². The van der Waals surface area contributed by atoms with Crippen LogP contribution in [0.1, 0.15) is 12.5 Å². The number of fused-ring (bicyclic) bond motifs is 1. The number of esters is 1. The van der Waals surface area contributed by atoms with Crippen molar-refractivity contribution in [2.75, 3.05) is 13.2 Å². The molecule has 0 amide bonds. The van der Waals surface area contributed by atoms with Gasteiger partial charge in [0.05, 0.1) is 0 Å². The fraction of sp³-hybridized carbons (Fsp3) is 0.250. The number of hydrogen-bond acceptors (Lipinski definition) is 3. The maximum Gasteiger partial charge on any atom is 0.302 e. The van der Waals surface area contributed by atoms with Crippen LogP contribution in [0.3, 0.4) is 0 Å². The molecule has 1 aliphatic rings. The molecule has 0 atom stereocenters. The highest BCUT2D eigenvalue weighted by Gasteiger charge is 2.14. The summed E-state index contributed by atoms with van der Waals surface area (Å²) >= 11 is 5.91. The van der Waals surface area contributed by atoms with E-state index in [-0.39, 0.29) is 12.6 Å². The third-order valence-corrected chi connectivity index (χ3v) is 2.52. The standard InChI is InChI=1S/C12H11ClO3/c1-8(14)16-7-9-4-5-15-12-3-2-10(13)6-11(9)12/h2-4,6H,5,7H2,1H3. The first kappa shape index (κ1) is 11.0. The first-order valence-corrected chi connectivity index (χ1v) is 5.30. The van der Waals surface area contributed by atoms with Crippen LogP contribution in [-0.2, 0) is 9.53 Å². The summed E-state index contributed by atoms with van der Waals surface area (Å²) in [5.74, 6) is 0.477. The Bertz CT molecular complexity index is 452. The average molecular weight is 239 g/mol. The van der Waals surface area contributed by atoms with Crippen molar-refractivity contribution in [2.24, 2.45) is 0 Å². The van der Waals surface area contributed by atoms with Crippen LogP contribution in [0.2, 0.25) is 5.02 Å². The molecule has 0 spiro atoms. The summed E-state index contributed by atoms with van der Waals surface area (Å²) < 4.78 is 10.4. The number of ether oxygens (including phenoxy) is 2. The van der Waals surface area contributed by atoms with Gasteiger partial charge < -0.3 is 9.47 Å². The Morgan fingerprint density at radius 3 is 3.12 bits per heavy atom. The summed E-state index contributed by atoms with van der Waals surface area (Å²) in [5, 5.41) is 0.637. The van der Waals surface area contributed by atoms with E-state index in [0.29, 0.717) is 11.6 Å². The monoisotopic (exact) mass is 238 g/mol. The van der Waals surface area contributed by atoms with Crippen molar-refractivity contribution in [1.82, 2.24) is 0 Å². The molecule has 0 fully saturated rings. The van der Waals surface area contributed by atoms with Crippen molar-refractivity contribution in [3.63, 3.8) is 0 Å². The largest absolute Gasteiger partial charge is 0.489 e. The number of rotatable bonds is 2. The van der Waals surface area contributed by atoms with Gasteiger partial charge in [0.25, 0.3) is 0 Å². The number of carbonyl (C=O) groups excluding carboxylic acids is 1. The van der Waals surface area contributed by atoms with E-state index in [0.717, 1.165) is 16.9 Å². The first-order chi connectivity index (χ1) is 7.66. The van der Waals surface area contributed by atoms with E-state index in [9.17, 15) is 4.79 Å². The quantitative estimate of drug-likeness (QED) is 0.743. The molecule has 3 nitrogen and oxygen atoms in total. The van der Waals surface area contributed by atoms with Gasteiger partial charge in [-0.1, -0.05) is 11.6 Å². The summed E-state index contributed by atoms with van der Waals surface area (Å²) in [6.07, 6.45) is 1.89. The van der Waals surface area contributed by atoms with Crippen molar-refractivity contribution < 1.29 is 14.3 Å². The molecule has 0 unspecified atom stereocenters. The van der Waals surface area contributed by atoms with Gasteiger partial charge in [-0.3, -0.25) is 4.79 Å². The average Bonchev–Trinajstić information content (AvgIpc) is 2.26. The maximum absolute atomic E-state index is 10.8. The van der Waals surface area contributed by atoms with E-state index < -0.39 is 0 Å². The van der Waals surface area contributed by atoms with Crippen LogP contribution < -0.4 is 4.74 Å². The molecule has 0 bridgehead atoms. The van der Waals surface area contributed by atoms with Crippen LogP contribution in [0.4, 0.5) is 0 Å². The third kappa shape index (κ3) is 2.36. The summed E-state index contributed by atoms with van der Waals surface area (Å²) in [5.41, 5.74) is 1.82. The predicted octanol–water partition coefficient (Wildman–Crippen LogP) is 2.68. The van der Waals surface area contributed by atoms with Gasteiger partial charge >= 0.3 is 5.97 Å². The van der Waals surface area contributed by atoms with Gasteiger partial charge in [-0.15, -0.1) is 0 Å². The van der Waals surface area contributed by atoms with Crippen molar-refractivity contribution in [2.45, 2.75) is 6.92 Å². The molecule has 1 aromatic carbocycles.